The molecule has 1 aromatic carbocycles. The highest BCUT2D eigenvalue weighted by Crippen LogP contribution is 2.45. The van der Waals surface area contributed by atoms with E-state index in [1.165, 1.54) is 17.1 Å². The second-order valence-electron chi connectivity index (χ2n) is 6.99. The first-order valence-corrected chi connectivity index (χ1v) is 9.52. The van der Waals surface area contributed by atoms with E-state index >= 15 is 0 Å². The van der Waals surface area contributed by atoms with Crippen LogP contribution in [0.4, 0.5) is 0 Å². The fraction of sp³-hybridized carbons (Fsp3) is 0.421. The monoisotopic (exact) mass is 354 g/mol. The normalized spacial score (nSPS) is 26.4. The lowest BCUT2D eigenvalue weighted by molar-refractivity contribution is 0.0597. The van der Waals surface area contributed by atoms with Crippen LogP contribution in [0.3, 0.4) is 0 Å². The lowest BCUT2D eigenvalue weighted by Gasteiger charge is -2.44. The van der Waals surface area contributed by atoms with Gasteiger partial charge in [0.2, 0.25) is 0 Å². The summed E-state index contributed by atoms with van der Waals surface area (Å²) in [5.74, 6) is 0.441. The summed E-state index contributed by atoms with van der Waals surface area (Å²) in [5, 5.41) is 5.69. The summed E-state index contributed by atoms with van der Waals surface area (Å²) in [5.41, 5.74) is 1.99. The SMILES string of the molecule is C=CCN1CC2CN(C(=O)c3csnn3)CCC2(c2ccccc2)C1. The second-order valence-corrected chi connectivity index (χ2v) is 7.60. The number of benzene rings is 1. The van der Waals surface area contributed by atoms with E-state index in [9.17, 15) is 4.79 Å². The van der Waals surface area contributed by atoms with Crippen molar-refractivity contribution in [1.29, 1.82) is 0 Å². The summed E-state index contributed by atoms with van der Waals surface area (Å²) in [6.45, 7) is 8.37. The summed E-state index contributed by atoms with van der Waals surface area (Å²) in [7, 11) is 0. The van der Waals surface area contributed by atoms with Gasteiger partial charge in [-0.1, -0.05) is 40.9 Å². The Morgan fingerprint density at radius 1 is 1.36 bits per heavy atom. The molecule has 25 heavy (non-hydrogen) atoms. The summed E-state index contributed by atoms with van der Waals surface area (Å²) in [6.07, 6.45) is 2.96. The average molecular weight is 354 g/mol. The standard InChI is InChI=1S/C19H22N4OS/c1-2-9-22-11-16-12-23(18(24)17-13-25-21-20-17)10-8-19(16,14-22)15-6-4-3-5-7-15/h2-7,13,16H,1,8-12,14H2. The molecule has 1 aromatic heterocycles. The van der Waals surface area contributed by atoms with Gasteiger partial charge in [0, 0.05) is 49.4 Å². The van der Waals surface area contributed by atoms with Gasteiger partial charge in [-0.25, -0.2) is 0 Å². The van der Waals surface area contributed by atoms with E-state index < -0.39 is 0 Å². The highest BCUT2D eigenvalue weighted by atomic mass is 32.1. The zero-order chi connectivity index (χ0) is 17.3. The van der Waals surface area contributed by atoms with Gasteiger partial charge < -0.3 is 4.90 Å². The molecule has 0 N–H and O–H groups in total. The molecule has 2 saturated heterocycles. The largest absolute Gasteiger partial charge is 0.337 e. The maximum Gasteiger partial charge on any atom is 0.275 e. The third-order valence-electron chi connectivity index (χ3n) is 5.64. The summed E-state index contributed by atoms with van der Waals surface area (Å²) < 4.78 is 3.83. The number of hydrogen-bond acceptors (Lipinski definition) is 5. The van der Waals surface area contributed by atoms with Gasteiger partial charge in [0.25, 0.3) is 5.91 Å². The number of carbonyl (C=O) groups is 1. The molecule has 2 fully saturated rings. The van der Waals surface area contributed by atoms with E-state index in [1.807, 2.05) is 11.0 Å². The van der Waals surface area contributed by atoms with Gasteiger partial charge in [-0.05, 0) is 23.5 Å². The van der Waals surface area contributed by atoms with Crippen molar-refractivity contribution in [2.75, 3.05) is 32.7 Å². The fourth-order valence-electron chi connectivity index (χ4n) is 4.45. The van der Waals surface area contributed by atoms with Crippen molar-refractivity contribution < 1.29 is 4.79 Å². The molecule has 2 aromatic rings. The van der Waals surface area contributed by atoms with Crippen LogP contribution in [-0.2, 0) is 5.41 Å². The minimum atomic E-state index is 0.0117. The molecule has 3 heterocycles. The molecule has 1 amide bonds. The predicted molar refractivity (Wildman–Crippen MR) is 98.7 cm³/mol. The van der Waals surface area contributed by atoms with Crippen LogP contribution in [0.5, 0.6) is 0 Å². The maximum atomic E-state index is 12.7. The first-order valence-electron chi connectivity index (χ1n) is 8.68. The molecule has 130 valence electrons. The first-order chi connectivity index (χ1) is 12.2. The molecule has 0 radical (unpaired) electrons. The minimum Gasteiger partial charge on any atom is -0.337 e. The van der Waals surface area contributed by atoms with Gasteiger partial charge in [-0.2, -0.15) is 0 Å². The van der Waals surface area contributed by atoms with Gasteiger partial charge in [-0.3, -0.25) is 9.69 Å². The highest BCUT2D eigenvalue weighted by Gasteiger charge is 2.50. The molecule has 2 aliphatic rings. The summed E-state index contributed by atoms with van der Waals surface area (Å²) >= 11 is 1.23. The van der Waals surface area contributed by atoms with Crippen LogP contribution in [0, 0.1) is 5.92 Å². The van der Waals surface area contributed by atoms with E-state index in [0.717, 1.165) is 39.1 Å². The van der Waals surface area contributed by atoms with Crippen molar-refractivity contribution >= 4 is 17.4 Å². The van der Waals surface area contributed by atoms with Crippen LogP contribution in [-0.4, -0.2) is 58.0 Å². The molecule has 6 heteroatoms. The van der Waals surface area contributed by atoms with E-state index in [2.05, 4.69) is 51.4 Å². The number of aromatic nitrogens is 2. The average Bonchev–Trinajstić information content (AvgIpc) is 3.29. The molecule has 0 aliphatic carbocycles. The third-order valence-corrected chi connectivity index (χ3v) is 6.14. The Bertz CT molecular complexity index is 748. The number of fused-ring (bicyclic) bond motifs is 1. The Morgan fingerprint density at radius 3 is 2.92 bits per heavy atom. The number of nitrogens with zero attached hydrogens (tertiary/aromatic N) is 4. The molecular formula is C19H22N4OS. The van der Waals surface area contributed by atoms with Crippen LogP contribution in [0.2, 0.25) is 0 Å². The van der Waals surface area contributed by atoms with Gasteiger partial charge in [0.15, 0.2) is 5.69 Å². The van der Waals surface area contributed by atoms with Crippen molar-refractivity contribution in [3.8, 4) is 0 Å². The smallest absolute Gasteiger partial charge is 0.275 e. The van der Waals surface area contributed by atoms with Crippen molar-refractivity contribution in [3.63, 3.8) is 0 Å². The van der Waals surface area contributed by atoms with E-state index in [1.54, 1.807) is 5.38 Å². The number of amides is 1. The molecule has 0 spiro atoms. The van der Waals surface area contributed by atoms with Crippen LogP contribution in [0.25, 0.3) is 0 Å². The molecule has 2 atom stereocenters. The zero-order valence-corrected chi connectivity index (χ0v) is 15.0. The fourth-order valence-corrected chi connectivity index (χ4v) is 4.88. The molecule has 4 rings (SSSR count). The third kappa shape index (κ3) is 2.89. The van der Waals surface area contributed by atoms with Gasteiger partial charge >= 0.3 is 0 Å². The maximum absolute atomic E-state index is 12.7. The molecule has 2 aliphatic heterocycles. The van der Waals surface area contributed by atoms with Crippen LogP contribution in [0.1, 0.15) is 22.5 Å². The van der Waals surface area contributed by atoms with Crippen molar-refractivity contribution in [3.05, 3.63) is 59.6 Å². The first kappa shape index (κ1) is 16.4. The van der Waals surface area contributed by atoms with Gasteiger partial charge in [-0.15, -0.1) is 11.7 Å². The van der Waals surface area contributed by atoms with E-state index in [4.69, 9.17) is 0 Å². The molecule has 0 saturated carbocycles. The Hall–Kier alpha value is -2.05. The van der Waals surface area contributed by atoms with Crippen LogP contribution >= 0.6 is 11.5 Å². The highest BCUT2D eigenvalue weighted by molar-refractivity contribution is 7.03. The Balaban J connectivity index is 1.61. The van der Waals surface area contributed by atoms with Crippen LogP contribution < -0.4 is 0 Å². The van der Waals surface area contributed by atoms with E-state index in [0.29, 0.717) is 11.6 Å². The Kier molecular flexibility index (Phi) is 4.39. The lowest BCUT2D eigenvalue weighted by Crippen LogP contribution is -2.51. The number of piperidine rings is 1. The van der Waals surface area contributed by atoms with Crippen molar-refractivity contribution in [2.45, 2.75) is 11.8 Å². The number of hydrogen-bond donors (Lipinski definition) is 0. The second kappa shape index (κ2) is 6.69. The van der Waals surface area contributed by atoms with E-state index in [-0.39, 0.29) is 11.3 Å². The van der Waals surface area contributed by atoms with Gasteiger partial charge in [0.05, 0.1) is 0 Å². The quantitative estimate of drug-likeness (QED) is 0.792. The molecule has 5 nitrogen and oxygen atoms in total. The minimum absolute atomic E-state index is 0.0117. The summed E-state index contributed by atoms with van der Waals surface area (Å²) in [4.78, 5) is 17.1. The van der Waals surface area contributed by atoms with Gasteiger partial charge in [0.1, 0.15) is 0 Å². The zero-order valence-electron chi connectivity index (χ0n) is 14.2. The van der Waals surface area contributed by atoms with Crippen molar-refractivity contribution in [1.82, 2.24) is 19.4 Å². The molecule has 2 unspecified atom stereocenters. The number of likely N-dealkylation sites (tertiary alicyclic amines) is 2. The lowest BCUT2D eigenvalue weighted by atomic mass is 9.68. The Labute approximate surface area is 152 Å². The number of carbonyl (C=O) groups excluding carboxylic acids is 1. The summed E-state index contributed by atoms with van der Waals surface area (Å²) in [6, 6.07) is 10.8. The van der Waals surface area contributed by atoms with Crippen molar-refractivity contribution in [2.24, 2.45) is 5.92 Å². The predicted octanol–water partition coefficient (Wildman–Crippen LogP) is 2.44. The molecular weight excluding hydrogens is 332 g/mol. The topological polar surface area (TPSA) is 49.3 Å². The molecule has 0 bridgehead atoms. The van der Waals surface area contributed by atoms with Crippen LogP contribution in [0.15, 0.2) is 48.4 Å². The Morgan fingerprint density at radius 2 is 2.20 bits per heavy atom. The number of rotatable bonds is 4.